The summed E-state index contributed by atoms with van der Waals surface area (Å²) in [4.78, 5) is 2.30. The summed E-state index contributed by atoms with van der Waals surface area (Å²) in [6.45, 7) is 0. The molecule has 0 spiro atoms. The van der Waals surface area contributed by atoms with E-state index in [1.807, 2.05) is 24.3 Å². The average molecular weight is 552 g/mol. The van der Waals surface area contributed by atoms with Crippen LogP contribution in [0.1, 0.15) is 0 Å². The quantitative estimate of drug-likeness (QED) is 0.218. The standard InChI is InChI=1S/C40H25NO2/c1-2-8-29(9-3-1)41(31-20-23-38-35(25-31)33-10-4-6-12-36(33)42-38)30-18-14-26(15-19-30)27-16-21-32-28(24-27)17-22-39-40(32)34-11-5-7-13-37(34)43-39/h1-25H. The van der Waals surface area contributed by atoms with Crippen molar-refractivity contribution >= 4 is 71.7 Å². The molecule has 0 aliphatic rings. The molecule has 2 heterocycles. The van der Waals surface area contributed by atoms with Gasteiger partial charge in [0.25, 0.3) is 0 Å². The van der Waals surface area contributed by atoms with Crippen LogP contribution >= 0.6 is 0 Å². The molecule has 0 aliphatic carbocycles. The van der Waals surface area contributed by atoms with Crippen LogP contribution in [0.25, 0.3) is 65.8 Å². The summed E-state index contributed by atoms with van der Waals surface area (Å²) in [7, 11) is 0. The Morgan fingerprint density at radius 2 is 0.953 bits per heavy atom. The maximum atomic E-state index is 6.11. The summed E-state index contributed by atoms with van der Waals surface area (Å²) < 4.78 is 12.2. The minimum Gasteiger partial charge on any atom is -0.456 e. The van der Waals surface area contributed by atoms with Crippen LogP contribution in [0, 0.1) is 0 Å². The normalized spacial score (nSPS) is 11.7. The number of hydrogen-bond donors (Lipinski definition) is 0. The highest BCUT2D eigenvalue weighted by atomic mass is 16.3. The highest BCUT2D eigenvalue weighted by molar-refractivity contribution is 6.19. The van der Waals surface area contributed by atoms with Gasteiger partial charge in [0.1, 0.15) is 22.3 Å². The Kier molecular flexibility index (Phi) is 5.20. The van der Waals surface area contributed by atoms with Crippen LogP contribution in [0.5, 0.6) is 0 Å². The van der Waals surface area contributed by atoms with Gasteiger partial charge in [-0.3, -0.25) is 0 Å². The fourth-order valence-corrected chi connectivity index (χ4v) is 6.41. The van der Waals surface area contributed by atoms with E-state index in [4.69, 9.17) is 8.83 Å². The zero-order valence-corrected chi connectivity index (χ0v) is 23.2. The molecule has 3 heteroatoms. The fraction of sp³-hybridized carbons (Fsp3) is 0. The SMILES string of the molecule is c1ccc(N(c2ccc(-c3ccc4c(ccc5oc6ccccc6c54)c3)cc2)c2ccc3oc4ccccc4c3c2)cc1. The van der Waals surface area contributed by atoms with Crippen LogP contribution in [0.15, 0.2) is 160 Å². The van der Waals surface area contributed by atoms with Gasteiger partial charge in [0.05, 0.1) is 0 Å². The molecule has 7 aromatic carbocycles. The lowest BCUT2D eigenvalue weighted by molar-refractivity contribution is 0.668. The number of anilines is 3. The Labute approximate surface area is 247 Å². The lowest BCUT2D eigenvalue weighted by atomic mass is 9.98. The van der Waals surface area contributed by atoms with E-state index in [1.165, 1.54) is 27.3 Å². The van der Waals surface area contributed by atoms with E-state index in [-0.39, 0.29) is 0 Å². The van der Waals surface area contributed by atoms with E-state index in [0.29, 0.717) is 0 Å². The first-order chi connectivity index (χ1) is 21.3. The van der Waals surface area contributed by atoms with Crippen molar-refractivity contribution in [1.29, 1.82) is 0 Å². The fourth-order valence-electron chi connectivity index (χ4n) is 6.41. The third-order valence-corrected chi connectivity index (χ3v) is 8.45. The topological polar surface area (TPSA) is 29.5 Å². The highest BCUT2D eigenvalue weighted by Crippen LogP contribution is 2.40. The summed E-state index contributed by atoms with van der Waals surface area (Å²) in [5.74, 6) is 0. The van der Waals surface area contributed by atoms with Crippen molar-refractivity contribution in [2.75, 3.05) is 4.90 Å². The van der Waals surface area contributed by atoms with Crippen molar-refractivity contribution in [2.45, 2.75) is 0 Å². The number of nitrogens with zero attached hydrogens (tertiary/aromatic N) is 1. The van der Waals surface area contributed by atoms with Crippen LogP contribution in [-0.4, -0.2) is 0 Å². The molecule has 2 aromatic heterocycles. The minimum atomic E-state index is 0.894. The second kappa shape index (κ2) is 9.37. The lowest BCUT2D eigenvalue weighted by Gasteiger charge is -2.25. The van der Waals surface area contributed by atoms with Crippen LogP contribution in [0.4, 0.5) is 17.1 Å². The van der Waals surface area contributed by atoms with Gasteiger partial charge in [-0.05, 0) is 88.6 Å². The van der Waals surface area contributed by atoms with E-state index < -0.39 is 0 Å². The third-order valence-electron chi connectivity index (χ3n) is 8.45. The molecule has 9 aromatic rings. The van der Waals surface area contributed by atoms with Gasteiger partial charge in [0, 0.05) is 38.6 Å². The van der Waals surface area contributed by atoms with Crippen LogP contribution in [0.2, 0.25) is 0 Å². The van der Waals surface area contributed by atoms with E-state index in [1.54, 1.807) is 0 Å². The highest BCUT2D eigenvalue weighted by Gasteiger charge is 2.16. The summed E-state index contributed by atoms with van der Waals surface area (Å²) >= 11 is 0. The van der Waals surface area contributed by atoms with Gasteiger partial charge in [0.15, 0.2) is 0 Å². The molecule has 0 amide bonds. The number of hydrogen-bond acceptors (Lipinski definition) is 3. The first-order valence-electron chi connectivity index (χ1n) is 14.5. The molecule has 0 N–H and O–H groups in total. The maximum Gasteiger partial charge on any atom is 0.136 e. The molecule has 0 aliphatic heterocycles. The van der Waals surface area contributed by atoms with Gasteiger partial charge in [-0.25, -0.2) is 0 Å². The zero-order chi connectivity index (χ0) is 28.3. The maximum absolute atomic E-state index is 6.11. The lowest BCUT2D eigenvalue weighted by Crippen LogP contribution is -2.09. The van der Waals surface area contributed by atoms with Crippen molar-refractivity contribution in [3.05, 3.63) is 152 Å². The van der Waals surface area contributed by atoms with E-state index >= 15 is 0 Å². The van der Waals surface area contributed by atoms with Gasteiger partial charge < -0.3 is 13.7 Å². The molecular weight excluding hydrogens is 526 g/mol. The van der Waals surface area contributed by atoms with Gasteiger partial charge in [-0.2, -0.15) is 0 Å². The summed E-state index contributed by atoms with van der Waals surface area (Å²) in [5.41, 5.74) is 9.28. The molecule has 0 saturated heterocycles. The van der Waals surface area contributed by atoms with E-state index in [2.05, 4.69) is 132 Å². The second-order valence-corrected chi connectivity index (χ2v) is 11.0. The second-order valence-electron chi connectivity index (χ2n) is 11.0. The number of rotatable bonds is 4. The number of benzene rings is 7. The molecule has 202 valence electrons. The van der Waals surface area contributed by atoms with Crippen LogP contribution in [-0.2, 0) is 0 Å². The van der Waals surface area contributed by atoms with Gasteiger partial charge >= 0.3 is 0 Å². The predicted molar refractivity (Wildman–Crippen MR) is 179 cm³/mol. The number of para-hydroxylation sites is 3. The van der Waals surface area contributed by atoms with Crippen molar-refractivity contribution in [3.8, 4) is 11.1 Å². The first-order valence-corrected chi connectivity index (χ1v) is 14.5. The Balaban J connectivity index is 1.13. The zero-order valence-electron chi connectivity index (χ0n) is 23.2. The number of furan rings is 2. The number of fused-ring (bicyclic) bond motifs is 8. The van der Waals surface area contributed by atoms with Crippen LogP contribution < -0.4 is 4.90 Å². The average Bonchev–Trinajstić information content (AvgIpc) is 3.64. The summed E-state index contributed by atoms with van der Waals surface area (Å²) in [6, 6.07) is 53.2. The minimum absolute atomic E-state index is 0.894. The Hall–Kier alpha value is -5.80. The molecule has 0 unspecified atom stereocenters. The smallest absolute Gasteiger partial charge is 0.136 e. The monoisotopic (exact) mass is 551 g/mol. The van der Waals surface area contributed by atoms with E-state index in [0.717, 1.165) is 55.6 Å². The molecule has 0 radical (unpaired) electrons. The van der Waals surface area contributed by atoms with Crippen molar-refractivity contribution in [2.24, 2.45) is 0 Å². The van der Waals surface area contributed by atoms with Crippen molar-refractivity contribution in [1.82, 2.24) is 0 Å². The van der Waals surface area contributed by atoms with Crippen molar-refractivity contribution in [3.63, 3.8) is 0 Å². The van der Waals surface area contributed by atoms with E-state index in [9.17, 15) is 0 Å². The molecule has 0 saturated carbocycles. The largest absolute Gasteiger partial charge is 0.456 e. The van der Waals surface area contributed by atoms with Gasteiger partial charge in [-0.1, -0.05) is 84.9 Å². The first kappa shape index (κ1) is 23.9. The molecule has 0 fully saturated rings. The molecule has 9 rings (SSSR count). The molecule has 0 atom stereocenters. The Bertz CT molecular complexity index is 2450. The molecule has 43 heavy (non-hydrogen) atoms. The predicted octanol–water partition coefficient (Wildman–Crippen LogP) is 11.8. The van der Waals surface area contributed by atoms with Gasteiger partial charge in [0.2, 0.25) is 0 Å². The Morgan fingerprint density at radius 3 is 1.79 bits per heavy atom. The molecule has 3 nitrogen and oxygen atoms in total. The molecule has 0 bridgehead atoms. The third kappa shape index (κ3) is 3.83. The van der Waals surface area contributed by atoms with Crippen molar-refractivity contribution < 1.29 is 8.83 Å². The van der Waals surface area contributed by atoms with Gasteiger partial charge in [-0.15, -0.1) is 0 Å². The summed E-state index contributed by atoms with van der Waals surface area (Å²) in [6.07, 6.45) is 0. The summed E-state index contributed by atoms with van der Waals surface area (Å²) in [5, 5.41) is 6.98. The molecular formula is C40H25NO2. The van der Waals surface area contributed by atoms with Crippen LogP contribution in [0.3, 0.4) is 0 Å². The Morgan fingerprint density at radius 1 is 0.349 bits per heavy atom.